The van der Waals surface area contributed by atoms with Gasteiger partial charge < -0.3 is 4.74 Å². The Morgan fingerprint density at radius 1 is 1.23 bits per heavy atom. The van der Waals surface area contributed by atoms with Crippen LogP contribution in [0.1, 0.15) is 12.5 Å². The summed E-state index contributed by atoms with van der Waals surface area (Å²) in [6.45, 7) is 1.98. The summed E-state index contributed by atoms with van der Waals surface area (Å²) < 4.78 is 29.5. The van der Waals surface area contributed by atoms with Crippen LogP contribution in [0.3, 0.4) is 0 Å². The second-order valence-corrected chi connectivity index (χ2v) is 7.32. The van der Waals surface area contributed by atoms with Gasteiger partial charge in [-0.05, 0) is 37.3 Å². The van der Waals surface area contributed by atoms with Gasteiger partial charge in [0.25, 0.3) is 10.0 Å². The number of nitrogens with zero attached hydrogens (tertiary/aromatic N) is 2. The lowest BCUT2D eigenvalue weighted by atomic mass is 10.2. The lowest BCUT2D eigenvalue weighted by Crippen LogP contribution is -2.18. The van der Waals surface area contributed by atoms with E-state index in [1.807, 2.05) is 4.83 Å². The van der Waals surface area contributed by atoms with E-state index in [1.54, 1.807) is 6.92 Å². The van der Waals surface area contributed by atoms with E-state index in [0.29, 0.717) is 5.56 Å². The summed E-state index contributed by atoms with van der Waals surface area (Å²) in [5.74, 6) is 0.117. The molecule has 0 bridgehead atoms. The van der Waals surface area contributed by atoms with Gasteiger partial charge >= 0.3 is 5.69 Å². The highest BCUT2D eigenvalue weighted by molar-refractivity contribution is 7.89. The molecule has 0 radical (unpaired) electrons. The van der Waals surface area contributed by atoms with Crippen molar-refractivity contribution in [3.8, 4) is 5.75 Å². The number of sulfonamides is 1. The fourth-order valence-corrected chi connectivity index (χ4v) is 3.08. The third kappa shape index (κ3) is 4.84. The summed E-state index contributed by atoms with van der Waals surface area (Å²) >= 11 is 11.5. The smallest absolute Gasteiger partial charge is 0.311 e. The molecule has 0 heterocycles. The van der Waals surface area contributed by atoms with Gasteiger partial charge in [0.2, 0.25) is 0 Å². The number of rotatable bonds is 7. The molecule has 8 nitrogen and oxygen atoms in total. The van der Waals surface area contributed by atoms with Crippen molar-refractivity contribution >= 4 is 45.1 Å². The average molecular weight is 418 g/mol. The van der Waals surface area contributed by atoms with E-state index >= 15 is 0 Å². The maximum absolute atomic E-state index is 12.1. The number of hydrogen-bond acceptors (Lipinski definition) is 6. The van der Waals surface area contributed by atoms with Crippen molar-refractivity contribution in [2.75, 3.05) is 6.61 Å². The largest absolute Gasteiger partial charge is 0.487 e. The number of hydrazone groups is 1. The SMILES string of the molecule is CCOc1ccc(/C=N/NS(=O)(=O)c2ccc(Cl)c(Cl)c2)cc1[N+](=O)[O-]. The molecule has 0 saturated carbocycles. The molecule has 0 aliphatic rings. The first-order valence-electron chi connectivity index (χ1n) is 7.15. The molecule has 0 aromatic heterocycles. The van der Waals surface area contributed by atoms with Crippen molar-refractivity contribution in [3.63, 3.8) is 0 Å². The summed E-state index contributed by atoms with van der Waals surface area (Å²) in [5.41, 5.74) is 0.0696. The maximum Gasteiger partial charge on any atom is 0.311 e. The van der Waals surface area contributed by atoms with Gasteiger partial charge in [-0.3, -0.25) is 10.1 Å². The van der Waals surface area contributed by atoms with Gasteiger partial charge in [0.05, 0.1) is 32.7 Å². The molecule has 26 heavy (non-hydrogen) atoms. The molecular formula is C15H13Cl2N3O5S. The van der Waals surface area contributed by atoms with Crippen LogP contribution in [0.25, 0.3) is 0 Å². The van der Waals surface area contributed by atoms with Crippen LogP contribution in [0, 0.1) is 10.1 Å². The van der Waals surface area contributed by atoms with Crippen LogP contribution in [0.2, 0.25) is 10.0 Å². The molecule has 0 aliphatic heterocycles. The van der Waals surface area contributed by atoms with E-state index in [1.165, 1.54) is 36.4 Å². The molecule has 138 valence electrons. The Morgan fingerprint density at radius 2 is 1.96 bits per heavy atom. The van der Waals surface area contributed by atoms with Gasteiger partial charge in [0.15, 0.2) is 5.75 Å². The molecule has 2 aromatic carbocycles. The van der Waals surface area contributed by atoms with Crippen LogP contribution < -0.4 is 9.57 Å². The first kappa shape index (κ1) is 20.0. The third-order valence-electron chi connectivity index (χ3n) is 3.07. The summed E-state index contributed by atoms with van der Waals surface area (Å²) in [6.07, 6.45) is 1.14. The zero-order chi connectivity index (χ0) is 19.3. The van der Waals surface area contributed by atoms with Crippen molar-refractivity contribution in [1.29, 1.82) is 0 Å². The quantitative estimate of drug-likeness (QED) is 0.420. The average Bonchev–Trinajstić information content (AvgIpc) is 2.58. The molecule has 0 amide bonds. The minimum atomic E-state index is -3.96. The van der Waals surface area contributed by atoms with Gasteiger partial charge in [-0.25, -0.2) is 4.83 Å². The molecule has 11 heteroatoms. The minimum Gasteiger partial charge on any atom is -0.487 e. The van der Waals surface area contributed by atoms with Gasteiger partial charge in [-0.2, -0.15) is 13.5 Å². The topological polar surface area (TPSA) is 111 Å². The normalized spacial score (nSPS) is 11.5. The predicted octanol–water partition coefficient (Wildman–Crippen LogP) is 3.61. The molecule has 2 aromatic rings. The van der Waals surface area contributed by atoms with Crippen molar-refractivity contribution in [3.05, 3.63) is 62.1 Å². The summed E-state index contributed by atoms with van der Waals surface area (Å²) in [6, 6.07) is 7.95. The predicted molar refractivity (Wildman–Crippen MR) is 98.6 cm³/mol. The molecule has 0 spiro atoms. The summed E-state index contributed by atoms with van der Waals surface area (Å²) in [7, 11) is -3.96. The Hall–Kier alpha value is -2.36. The second kappa shape index (κ2) is 8.35. The van der Waals surface area contributed by atoms with E-state index in [2.05, 4.69) is 5.10 Å². The van der Waals surface area contributed by atoms with Crippen molar-refractivity contribution < 1.29 is 18.1 Å². The van der Waals surface area contributed by atoms with Crippen molar-refractivity contribution in [1.82, 2.24) is 4.83 Å². The van der Waals surface area contributed by atoms with Crippen molar-refractivity contribution in [2.24, 2.45) is 5.10 Å². The van der Waals surface area contributed by atoms with E-state index in [-0.39, 0.29) is 33.0 Å². The Kier molecular flexibility index (Phi) is 6.41. The Bertz CT molecular complexity index is 964. The first-order chi connectivity index (χ1) is 12.2. The summed E-state index contributed by atoms with van der Waals surface area (Å²) in [4.78, 5) is 12.4. The van der Waals surface area contributed by atoms with Crippen LogP contribution in [0.5, 0.6) is 5.75 Å². The van der Waals surface area contributed by atoms with Crippen LogP contribution in [-0.2, 0) is 10.0 Å². The van der Waals surface area contributed by atoms with E-state index in [4.69, 9.17) is 27.9 Å². The number of nitro groups is 1. The molecule has 0 unspecified atom stereocenters. The molecule has 0 saturated heterocycles. The number of nitrogens with one attached hydrogen (secondary N) is 1. The van der Waals surface area contributed by atoms with Gasteiger partial charge in [0, 0.05) is 11.6 Å². The molecular weight excluding hydrogens is 405 g/mol. The number of benzene rings is 2. The third-order valence-corrected chi connectivity index (χ3v) is 5.03. The first-order valence-corrected chi connectivity index (χ1v) is 9.39. The van der Waals surface area contributed by atoms with E-state index < -0.39 is 14.9 Å². The maximum atomic E-state index is 12.1. The molecule has 0 fully saturated rings. The molecule has 0 atom stereocenters. The van der Waals surface area contributed by atoms with E-state index in [0.717, 1.165) is 6.21 Å². The highest BCUT2D eigenvalue weighted by Gasteiger charge is 2.16. The Morgan fingerprint density at radius 3 is 2.58 bits per heavy atom. The van der Waals surface area contributed by atoms with E-state index in [9.17, 15) is 18.5 Å². The van der Waals surface area contributed by atoms with Gasteiger partial charge in [-0.15, -0.1) is 0 Å². The fourth-order valence-electron chi connectivity index (χ4n) is 1.90. The lowest BCUT2D eigenvalue weighted by molar-refractivity contribution is -0.385. The Labute approximate surface area is 159 Å². The van der Waals surface area contributed by atoms with Gasteiger partial charge in [-0.1, -0.05) is 23.2 Å². The Balaban J connectivity index is 2.20. The molecule has 0 aliphatic carbocycles. The minimum absolute atomic E-state index is 0.0839. The number of halogens is 2. The van der Waals surface area contributed by atoms with Crippen LogP contribution in [0.15, 0.2) is 46.4 Å². The van der Waals surface area contributed by atoms with Crippen LogP contribution in [-0.4, -0.2) is 26.2 Å². The van der Waals surface area contributed by atoms with Crippen LogP contribution >= 0.6 is 23.2 Å². The molecule has 2 rings (SSSR count). The summed E-state index contributed by atoms with van der Waals surface area (Å²) in [5, 5.41) is 15.0. The highest BCUT2D eigenvalue weighted by atomic mass is 35.5. The van der Waals surface area contributed by atoms with Crippen LogP contribution in [0.4, 0.5) is 5.69 Å². The number of nitro benzene ring substituents is 1. The van der Waals surface area contributed by atoms with Crippen molar-refractivity contribution in [2.45, 2.75) is 11.8 Å². The lowest BCUT2D eigenvalue weighted by Gasteiger charge is -2.05. The second-order valence-electron chi connectivity index (χ2n) is 4.85. The monoisotopic (exact) mass is 417 g/mol. The number of ether oxygens (including phenoxy) is 1. The fraction of sp³-hybridized carbons (Fsp3) is 0.133. The standard InChI is InChI=1S/C15H13Cl2N3O5S/c1-2-25-15-6-3-10(7-14(15)20(21)22)9-18-19-26(23,24)11-4-5-12(16)13(17)8-11/h3-9,19H,2H2,1H3/b18-9+. The number of hydrogen-bond donors (Lipinski definition) is 1. The highest BCUT2D eigenvalue weighted by Crippen LogP contribution is 2.27. The molecule has 1 N–H and O–H groups in total. The van der Waals surface area contributed by atoms with Gasteiger partial charge in [0.1, 0.15) is 0 Å². The zero-order valence-corrected chi connectivity index (χ0v) is 15.7. The zero-order valence-electron chi connectivity index (χ0n) is 13.3.